The second-order valence-electron chi connectivity index (χ2n) is 5.04. The molecule has 1 N–H and O–H groups in total. The third-order valence-corrected chi connectivity index (χ3v) is 3.79. The Balaban J connectivity index is 2.76. The number of carbonyl (C=O) groups is 1. The first kappa shape index (κ1) is 10.7. The molecule has 0 saturated heterocycles. The summed E-state index contributed by atoms with van der Waals surface area (Å²) in [7, 11) is 0. The van der Waals surface area contributed by atoms with E-state index in [0.29, 0.717) is 12.3 Å². The van der Waals surface area contributed by atoms with Crippen LogP contribution in [-0.4, -0.2) is 17.0 Å². The van der Waals surface area contributed by atoms with Crippen LogP contribution in [0.4, 0.5) is 0 Å². The summed E-state index contributed by atoms with van der Waals surface area (Å²) in [6.45, 7) is 8.07. The number of aliphatic hydroxyl groups is 1. The largest absolute Gasteiger partial charge is 0.393 e. The van der Waals surface area contributed by atoms with Crippen LogP contribution in [0.1, 0.15) is 40.5 Å². The summed E-state index contributed by atoms with van der Waals surface area (Å²) in [6, 6.07) is 0. The summed E-state index contributed by atoms with van der Waals surface area (Å²) in [4.78, 5) is 11.0. The van der Waals surface area contributed by atoms with Gasteiger partial charge < -0.3 is 9.90 Å². The van der Waals surface area contributed by atoms with Crippen molar-refractivity contribution >= 4 is 5.78 Å². The van der Waals surface area contributed by atoms with Crippen molar-refractivity contribution in [2.24, 2.45) is 17.3 Å². The summed E-state index contributed by atoms with van der Waals surface area (Å²) >= 11 is 0. The summed E-state index contributed by atoms with van der Waals surface area (Å²) in [5, 5.41) is 9.79. The predicted octanol–water partition coefficient (Wildman–Crippen LogP) is 2.01. The fourth-order valence-corrected chi connectivity index (χ4v) is 2.40. The van der Waals surface area contributed by atoms with E-state index in [4.69, 9.17) is 0 Å². The predicted molar refractivity (Wildman–Crippen MR) is 52.4 cm³/mol. The van der Waals surface area contributed by atoms with Gasteiger partial charge in [-0.2, -0.15) is 0 Å². The maximum absolute atomic E-state index is 11.0. The van der Waals surface area contributed by atoms with E-state index < -0.39 is 0 Å². The first-order valence-electron chi connectivity index (χ1n) is 5.03. The van der Waals surface area contributed by atoms with Gasteiger partial charge in [-0.1, -0.05) is 20.8 Å². The SMILES string of the molecule is CC(=O)CC1C(O)CC(C)C1(C)C. The van der Waals surface area contributed by atoms with Crippen LogP contribution in [0.3, 0.4) is 0 Å². The first-order valence-corrected chi connectivity index (χ1v) is 5.03. The molecule has 0 aromatic rings. The number of carbonyl (C=O) groups excluding carboxylic acids is 1. The first-order chi connectivity index (χ1) is 5.85. The van der Waals surface area contributed by atoms with Crippen LogP contribution in [-0.2, 0) is 4.79 Å². The van der Waals surface area contributed by atoms with E-state index in [1.165, 1.54) is 0 Å². The average molecular weight is 184 g/mol. The standard InChI is InChI=1S/C11H20O2/c1-7-5-10(13)9(6-8(2)12)11(7,3)4/h7,9-10,13H,5-6H2,1-4H3. The second kappa shape index (κ2) is 3.41. The highest BCUT2D eigenvalue weighted by atomic mass is 16.3. The highest BCUT2D eigenvalue weighted by Crippen LogP contribution is 2.48. The van der Waals surface area contributed by atoms with Gasteiger partial charge in [-0.05, 0) is 30.6 Å². The lowest BCUT2D eigenvalue weighted by Gasteiger charge is -2.31. The summed E-state index contributed by atoms with van der Waals surface area (Å²) < 4.78 is 0. The Kier molecular flexibility index (Phi) is 2.81. The number of hydrogen-bond acceptors (Lipinski definition) is 2. The molecule has 0 spiro atoms. The number of hydrogen-bond donors (Lipinski definition) is 1. The molecule has 2 heteroatoms. The van der Waals surface area contributed by atoms with Gasteiger partial charge in [0.15, 0.2) is 0 Å². The van der Waals surface area contributed by atoms with Crippen molar-refractivity contribution in [1.82, 2.24) is 0 Å². The zero-order chi connectivity index (χ0) is 10.2. The Labute approximate surface area is 80.3 Å². The van der Waals surface area contributed by atoms with Gasteiger partial charge in [-0.3, -0.25) is 0 Å². The zero-order valence-electron chi connectivity index (χ0n) is 9.00. The zero-order valence-corrected chi connectivity index (χ0v) is 9.00. The van der Waals surface area contributed by atoms with Crippen LogP contribution in [0.25, 0.3) is 0 Å². The maximum atomic E-state index is 11.0. The van der Waals surface area contributed by atoms with Crippen molar-refractivity contribution < 1.29 is 9.90 Å². The van der Waals surface area contributed by atoms with E-state index >= 15 is 0 Å². The van der Waals surface area contributed by atoms with Gasteiger partial charge in [0, 0.05) is 6.42 Å². The summed E-state index contributed by atoms with van der Waals surface area (Å²) in [5.41, 5.74) is 0.102. The lowest BCUT2D eigenvalue weighted by Crippen LogP contribution is -2.29. The molecule has 0 bridgehead atoms. The number of ketones is 1. The molecule has 0 aliphatic heterocycles. The van der Waals surface area contributed by atoms with Crippen molar-refractivity contribution in [3.05, 3.63) is 0 Å². The second-order valence-corrected chi connectivity index (χ2v) is 5.04. The highest BCUT2D eigenvalue weighted by Gasteiger charge is 2.46. The molecule has 13 heavy (non-hydrogen) atoms. The molecule has 2 nitrogen and oxygen atoms in total. The Morgan fingerprint density at radius 3 is 2.38 bits per heavy atom. The summed E-state index contributed by atoms with van der Waals surface area (Å²) in [5.74, 6) is 0.845. The van der Waals surface area contributed by atoms with Crippen LogP contribution < -0.4 is 0 Å². The Hall–Kier alpha value is -0.370. The highest BCUT2D eigenvalue weighted by molar-refractivity contribution is 5.75. The van der Waals surface area contributed by atoms with E-state index in [0.717, 1.165) is 6.42 Å². The normalized spacial score (nSPS) is 37.8. The minimum atomic E-state index is -0.283. The van der Waals surface area contributed by atoms with Crippen LogP contribution in [0.5, 0.6) is 0 Å². The molecular formula is C11H20O2. The smallest absolute Gasteiger partial charge is 0.130 e. The molecular weight excluding hydrogens is 164 g/mol. The van der Waals surface area contributed by atoms with E-state index in [2.05, 4.69) is 20.8 Å². The lowest BCUT2D eigenvalue weighted by molar-refractivity contribution is -0.119. The Morgan fingerprint density at radius 2 is 2.08 bits per heavy atom. The summed E-state index contributed by atoms with van der Waals surface area (Å²) in [6.07, 6.45) is 1.08. The molecule has 0 aromatic heterocycles. The van der Waals surface area contributed by atoms with Crippen LogP contribution in [0, 0.1) is 17.3 Å². The molecule has 1 rings (SSSR count). The van der Waals surface area contributed by atoms with Gasteiger partial charge in [0.25, 0.3) is 0 Å². The molecule has 1 saturated carbocycles. The molecule has 76 valence electrons. The minimum Gasteiger partial charge on any atom is -0.393 e. The van der Waals surface area contributed by atoms with Gasteiger partial charge >= 0.3 is 0 Å². The average Bonchev–Trinajstić information content (AvgIpc) is 2.13. The van der Waals surface area contributed by atoms with Crippen LogP contribution in [0.15, 0.2) is 0 Å². The minimum absolute atomic E-state index is 0.102. The van der Waals surface area contributed by atoms with Crippen molar-refractivity contribution in [3.8, 4) is 0 Å². The molecule has 1 fully saturated rings. The van der Waals surface area contributed by atoms with Crippen molar-refractivity contribution in [2.45, 2.75) is 46.6 Å². The van der Waals surface area contributed by atoms with Crippen LogP contribution >= 0.6 is 0 Å². The van der Waals surface area contributed by atoms with E-state index in [-0.39, 0.29) is 23.2 Å². The number of aliphatic hydroxyl groups excluding tert-OH is 1. The number of rotatable bonds is 2. The van der Waals surface area contributed by atoms with Crippen molar-refractivity contribution in [1.29, 1.82) is 0 Å². The number of Topliss-reactive ketones (excluding diaryl/α,β-unsaturated/α-hetero) is 1. The van der Waals surface area contributed by atoms with E-state index in [1.54, 1.807) is 6.92 Å². The fraction of sp³-hybridized carbons (Fsp3) is 0.909. The molecule has 0 amide bonds. The Bertz CT molecular complexity index is 208. The van der Waals surface area contributed by atoms with Crippen molar-refractivity contribution in [3.63, 3.8) is 0 Å². The quantitative estimate of drug-likeness (QED) is 0.712. The molecule has 0 aromatic carbocycles. The fourth-order valence-electron chi connectivity index (χ4n) is 2.40. The topological polar surface area (TPSA) is 37.3 Å². The van der Waals surface area contributed by atoms with E-state index in [1.807, 2.05) is 0 Å². The molecule has 1 aliphatic rings. The van der Waals surface area contributed by atoms with Gasteiger partial charge in [-0.25, -0.2) is 0 Å². The van der Waals surface area contributed by atoms with Gasteiger partial charge in [0.05, 0.1) is 6.10 Å². The molecule has 3 atom stereocenters. The third kappa shape index (κ3) is 1.93. The molecule has 0 heterocycles. The van der Waals surface area contributed by atoms with Crippen LogP contribution in [0.2, 0.25) is 0 Å². The maximum Gasteiger partial charge on any atom is 0.130 e. The molecule has 3 unspecified atom stereocenters. The molecule has 0 radical (unpaired) electrons. The van der Waals surface area contributed by atoms with Gasteiger partial charge in [0.1, 0.15) is 5.78 Å². The van der Waals surface area contributed by atoms with Gasteiger partial charge in [0.2, 0.25) is 0 Å². The Morgan fingerprint density at radius 1 is 1.54 bits per heavy atom. The van der Waals surface area contributed by atoms with Crippen molar-refractivity contribution in [2.75, 3.05) is 0 Å². The third-order valence-electron chi connectivity index (χ3n) is 3.79. The monoisotopic (exact) mass is 184 g/mol. The van der Waals surface area contributed by atoms with Gasteiger partial charge in [-0.15, -0.1) is 0 Å². The van der Waals surface area contributed by atoms with E-state index in [9.17, 15) is 9.90 Å². The molecule has 1 aliphatic carbocycles. The lowest BCUT2D eigenvalue weighted by atomic mass is 9.74.